The molecule has 2 aromatic carbocycles. The summed E-state index contributed by atoms with van der Waals surface area (Å²) in [6.07, 6.45) is 1.95. The van der Waals surface area contributed by atoms with Crippen LogP contribution < -0.4 is 5.56 Å². The van der Waals surface area contributed by atoms with Crippen LogP contribution in [-0.2, 0) is 4.84 Å². The van der Waals surface area contributed by atoms with Crippen LogP contribution in [0, 0.1) is 0 Å². The Labute approximate surface area is 139 Å². The summed E-state index contributed by atoms with van der Waals surface area (Å²) < 4.78 is 4.52. The van der Waals surface area contributed by atoms with Crippen molar-refractivity contribution in [1.82, 2.24) is 3.96 Å². The van der Waals surface area contributed by atoms with Crippen molar-refractivity contribution in [2.24, 2.45) is 0 Å². The first-order chi connectivity index (χ1) is 11.1. The summed E-state index contributed by atoms with van der Waals surface area (Å²) in [6, 6.07) is 15.8. The quantitative estimate of drug-likeness (QED) is 0.418. The van der Waals surface area contributed by atoms with Gasteiger partial charge in [-0.2, -0.15) is 0 Å². The van der Waals surface area contributed by atoms with Crippen LogP contribution in [0.4, 0.5) is 0 Å². The Bertz CT molecular complexity index is 905. The summed E-state index contributed by atoms with van der Waals surface area (Å²) in [5.74, 6) is 0. The van der Waals surface area contributed by atoms with Gasteiger partial charge in [0.15, 0.2) is 6.04 Å². The Morgan fingerprint density at radius 1 is 1.13 bits per heavy atom. The van der Waals surface area contributed by atoms with Crippen molar-refractivity contribution in [1.29, 1.82) is 0 Å². The second kappa shape index (κ2) is 6.38. The number of hydroxylamine groups is 1. The van der Waals surface area contributed by atoms with E-state index in [1.165, 1.54) is 11.5 Å². The topological polar surface area (TPSA) is 34.2 Å². The Kier molecular flexibility index (Phi) is 4.30. The summed E-state index contributed by atoms with van der Waals surface area (Å²) in [5, 5.41) is 0.763. The molecular weight excluding hydrogens is 308 g/mol. The molecule has 3 aromatic rings. The molecule has 0 saturated heterocycles. The van der Waals surface area contributed by atoms with E-state index < -0.39 is 0 Å². The highest BCUT2D eigenvalue weighted by Crippen LogP contribution is 2.19. The van der Waals surface area contributed by atoms with E-state index in [1.807, 2.05) is 54.7 Å². The van der Waals surface area contributed by atoms with Crippen LogP contribution in [0.15, 0.2) is 53.3 Å². The van der Waals surface area contributed by atoms with Crippen LogP contribution in [0.5, 0.6) is 0 Å². The number of hydrogen-bond acceptors (Lipinski definition) is 3. The van der Waals surface area contributed by atoms with Crippen LogP contribution in [0.25, 0.3) is 15.8 Å². The lowest BCUT2D eigenvalue weighted by molar-refractivity contribution is -0.796. The molecule has 0 atom stereocenters. The molecule has 3 rings (SSSR count). The van der Waals surface area contributed by atoms with Crippen LogP contribution in [-0.4, -0.2) is 28.1 Å². The van der Waals surface area contributed by atoms with Gasteiger partial charge in [0.2, 0.25) is 6.21 Å². The average molecular weight is 327 g/mol. The maximum atomic E-state index is 12.5. The zero-order valence-electron chi connectivity index (χ0n) is 13.4. The molecule has 0 aliphatic carbocycles. The summed E-state index contributed by atoms with van der Waals surface area (Å²) in [6.45, 7) is 4.12. The molecule has 1 aromatic heterocycles. The van der Waals surface area contributed by atoms with E-state index >= 15 is 0 Å². The minimum absolute atomic E-state index is 0.0306. The molecule has 1 heterocycles. The van der Waals surface area contributed by atoms with E-state index in [0.717, 1.165) is 21.3 Å². The molecule has 0 bridgehead atoms. The standard InChI is InChI=1S/C18H19N2O2S/c1-13(2)19(22-3)12-14-8-10-15(11-9-14)20-18(21)16-6-4-5-7-17(16)23-20/h4-13H,1-3H3/q+1. The third-order valence-electron chi connectivity index (χ3n) is 3.62. The van der Waals surface area contributed by atoms with E-state index in [4.69, 9.17) is 4.84 Å². The monoisotopic (exact) mass is 327 g/mol. The highest BCUT2D eigenvalue weighted by atomic mass is 32.1. The van der Waals surface area contributed by atoms with Gasteiger partial charge in [0.25, 0.3) is 5.56 Å². The van der Waals surface area contributed by atoms with E-state index in [9.17, 15) is 4.79 Å². The second-order valence-corrected chi connectivity index (χ2v) is 6.53. The average Bonchev–Trinajstić information content (AvgIpc) is 2.90. The van der Waals surface area contributed by atoms with Gasteiger partial charge in [0.05, 0.1) is 15.8 Å². The number of fused-ring (bicyclic) bond motifs is 1. The Morgan fingerprint density at radius 2 is 1.83 bits per heavy atom. The molecule has 23 heavy (non-hydrogen) atoms. The molecule has 5 heteroatoms. The third-order valence-corrected chi connectivity index (χ3v) is 4.73. The van der Waals surface area contributed by atoms with Gasteiger partial charge in [-0.25, -0.2) is 3.96 Å². The molecule has 0 aliphatic heterocycles. The molecule has 118 valence electrons. The van der Waals surface area contributed by atoms with Crippen molar-refractivity contribution in [3.05, 3.63) is 64.4 Å². The predicted octanol–water partition coefficient (Wildman–Crippen LogP) is 3.45. The highest BCUT2D eigenvalue weighted by molar-refractivity contribution is 7.14. The molecule has 0 radical (unpaired) electrons. The third kappa shape index (κ3) is 3.05. The van der Waals surface area contributed by atoms with Crippen molar-refractivity contribution < 1.29 is 9.58 Å². The van der Waals surface area contributed by atoms with Gasteiger partial charge in [-0.15, -0.1) is 0 Å². The van der Waals surface area contributed by atoms with Crippen molar-refractivity contribution in [3.8, 4) is 5.69 Å². The fraction of sp³-hybridized carbons (Fsp3) is 0.222. The Hall–Kier alpha value is -2.40. The first-order valence-corrected chi connectivity index (χ1v) is 8.26. The number of nitrogens with zero attached hydrogens (tertiary/aromatic N) is 2. The van der Waals surface area contributed by atoms with Gasteiger partial charge in [-0.05, 0) is 41.1 Å². The summed E-state index contributed by atoms with van der Waals surface area (Å²) in [7, 11) is 1.65. The minimum Gasteiger partial charge on any atom is -0.280 e. The lowest BCUT2D eigenvalue weighted by atomic mass is 10.2. The molecule has 0 fully saturated rings. The zero-order chi connectivity index (χ0) is 16.4. The maximum Gasteiger partial charge on any atom is 0.273 e. The van der Waals surface area contributed by atoms with E-state index in [1.54, 1.807) is 15.8 Å². The van der Waals surface area contributed by atoms with Gasteiger partial charge >= 0.3 is 0 Å². The van der Waals surface area contributed by atoms with Gasteiger partial charge < -0.3 is 0 Å². The van der Waals surface area contributed by atoms with Gasteiger partial charge in [0, 0.05) is 19.4 Å². The highest BCUT2D eigenvalue weighted by Gasteiger charge is 2.11. The molecular formula is C18H19N2O2S+. The van der Waals surface area contributed by atoms with Crippen molar-refractivity contribution in [2.45, 2.75) is 19.9 Å². The molecule has 0 unspecified atom stereocenters. The Balaban J connectivity index is 1.99. The molecule has 0 aliphatic rings. The lowest BCUT2D eigenvalue weighted by Crippen LogP contribution is -2.20. The summed E-state index contributed by atoms with van der Waals surface area (Å²) in [4.78, 5) is 17.8. The first kappa shape index (κ1) is 15.5. The van der Waals surface area contributed by atoms with Crippen molar-refractivity contribution in [3.63, 3.8) is 0 Å². The fourth-order valence-electron chi connectivity index (χ4n) is 2.40. The largest absolute Gasteiger partial charge is 0.280 e. The van der Waals surface area contributed by atoms with Crippen molar-refractivity contribution >= 4 is 27.8 Å². The van der Waals surface area contributed by atoms with Gasteiger partial charge in [-0.3, -0.25) is 9.63 Å². The van der Waals surface area contributed by atoms with E-state index in [2.05, 4.69) is 13.8 Å². The summed E-state index contributed by atoms with van der Waals surface area (Å²) >= 11 is 1.47. The van der Waals surface area contributed by atoms with Crippen LogP contribution in [0.2, 0.25) is 0 Å². The molecule has 4 nitrogen and oxygen atoms in total. The number of benzene rings is 2. The summed E-state index contributed by atoms with van der Waals surface area (Å²) in [5.41, 5.74) is 1.93. The van der Waals surface area contributed by atoms with Crippen LogP contribution in [0.3, 0.4) is 0 Å². The number of hydrogen-bond donors (Lipinski definition) is 0. The predicted molar refractivity (Wildman–Crippen MR) is 95.0 cm³/mol. The smallest absolute Gasteiger partial charge is 0.273 e. The normalized spacial score (nSPS) is 12.1. The first-order valence-electron chi connectivity index (χ1n) is 7.49. The molecule has 0 spiro atoms. The Morgan fingerprint density at radius 3 is 2.43 bits per heavy atom. The lowest BCUT2D eigenvalue weighted by Gasteiger charge is -2.03. The van der Waals surface area contributed by atoms with E-state index in [0.29, 0.717) is 0 Å². The molecule has 0 amide bonds. The fourth-order valence-corrected chi connectivity index (χ4v) is 3.40. The minimum atomic E-state index is 0.0306. The van der Waals surface area contributed by atoms with E-state index in [-0.39, 0.29) is 11.6 Å². The molecule has 0 saturated carbocycles. The van der Waals surface area contributed by atoms with Gasteiger partial charge in [0.1, 0.15) is 7.11 Å². The van der Waals surface area contributed by atoms with Crippen LogP contribution >= 0.6 is 11.5 Å². The number of aromatic nitrogens is 1. The second-order valence-electron chi connectivity index (χ2n) is 5.54. The van der Waals surface area contributed by atoms with Crippen molar-refractivity contribution in [2.75, 3.05) is 7.11 Å². The zero-order valence-corrected chi connectivity index (χ0v) is 14.2. The SMILES string of the molecule is CO/[N+](=C\c1ccc(-n2sc3ccccc3c2=O)cc1)C(C)C. The number of rotatable bonds is 4. The van der Waals surface area contributed by atoms with Gasteiger partial charge in [-0.1, -0.05) is 23.7 Å². The molecule has 0 N–H and O–H groups in total. The van der Waals surface area contributed by atoms with Crippen LogP contribution in [0.1, 0.15) is 19.4 Å². The maximum absolute atomic E-state index is 12.5.